The molecule has 4 N–H and O–H groups in total. The molecule has 8 heteroatoms. The number of anilines is 2. The van der Waals surface area contributed by atoms with E-state index >= 15 is 0 Å². The van der Waals surface area contributed by atoms with Gasteiger partial charge in [0, 0.05) is 12.1 Å². The number of rotatable bonds is 5. The van der Waals surface area contributed by atoms with Crippen LogP contribution in [0.5, 0.6) is 0 Å². The molecule has 0 atom stereocenters. The van der Waals surface area contributed by atoms with Gasteiger partial charge in [-0.2, -0.15) is 0 Å². The van der Waals surface area contributed by atoms with Crippen molar-refractivity contribution >= 4 is 11.6 Å². The molecule has 0 saturated carbocycles. The van der Waals surface area contributed by atoms with E-state index in [1.54, 1.807) is 0 Å². The van der Waals surface area contributed by atoms with Crippen molar-refractivity contribution in [2.75, 3.05) is 36.9 Å². The number of aliphatic hydroxyl groups is 2. The SMILES string of the molecule is Nc1ccc(N(CCO)CCO)[n+]([O-])[n+]1[O-]. The lowest BCUT2D eigenvalue weighted by molar-refractivity contribution is -1.18. The molecule has 0 bridgehead atoms. The van der Waals surface area contributed by atoms with Crippen molar-refractivity contribution in [2.45, 2.75) is 0 Å². The molecule has 0 unspecified atom stereocenters. The third kappa shape index (κ3) is 2.41. The highest BCUT2D eigenvalue weighted by molar-refractivity contribution is 5.35. The number of aliphatic hydroxyl groups excluding tert-OH is 2. The van der Waals surface area contributed by atoms with Gasteiger partial charge in [-0.25, -0.2) is 0 Å². The molecular formula is C8H14N4O4. The quantitative estimate of drug-likeness (QED) is 0.374. The van der Waals surface area contributed by atoms with E-state index in [-0.39, 0.29) is 47.6 Å². The summed E-state index contributed by atoms with van der Waals surface area (Å²) in [6.07, 6.45) is 0. The van der Waals surface area contributed by atoms with Gasteiger partial charge >= 0.3 is 11.6 Å². The number of nitrogen functional groups attached to an aromatic ring is 1. The molecule has 90 valence electrons. The molecule has 0 radical (unpaired) electrons. The molecule has 0 amide bonds. The van der Waals surface area contributed by atoms with E-state index in [0.717, 1.165) is 0 Å². The predicted octanol–water partition coefficient (Wildman–Crippen LogP) is -2.67. The first kappa shape index (κ1) is 12.3. The zero-order chi connectivity index (χ0) is 12.1. The van der Waals surface area contributed by atoms with E-state index in [2.05, 4.69) is 0 Å². The fourth-order valence-corrected chi connectivity index (χ4v) is 1.29. The van der Waals surface area contributed by atoms with E-state index in [4.69, 9.17) is 15.9 Å². The van der Waals surface area contributed by atoms with Crippen LogP contribution in [0.2, 0.25) is 0 Å². The minimum absolute atomic E-state index is 0.00289. The van der Waals surface area contributed by atoms with Crippen molar-refractivity contribution in [3.8, 4) is 0 Å². The average Bonchev–Trinajstić information content (AvgIpc) is 2.26. The highest BCUT2D eigenvalue weighted by Gasteiger charge is 2.19. The molecule has 0 aliphatic heterocycles. The summed E-state index contributed by atoms with van der Waals surface area (Å²) in [6, 6.07) is 2.65. The first-order valence-corrected chi connectivity index (χ1v) is 4.70. The van der Waals surface area contributed by atoms with Gasteiger partial charge in [0.2, 0.25) is 0 Å². The van der Waals surface area contributed by atoms with Crippen molar-refractivity contribution < 1.29 is 19.9 Å². The molecule has 8 nitrogen and oxygen atoms in total. The van der Waals surface area contributed by atoms with Crippen LogP contribution in [0, 0.1) is 10.4 Å². The van der Waals surface area contributed by atoms with Crippen molar-refractivity contribution in [3.63, 3.8) is 0 Å². The van der Waals surface area contributed by atoms with Crippen LogP contribution >= 0.6 is 0 Å². The third-order valence-electron chi connectivity index (χ3n) is 2.05. The maximum absolute atomic E-state index is 11.5. The van der Waals surface area contributed by atoms with Crippen LogP contribution in [0.15, 0.2) is 12.1 Å². The van der Waals surface area contributed by atoms with Gasteiger partial charge in [-0.1, -0.05) is 9.69 Å². The van der Waals surface area contributed by atoms with E-state index in [1.807, 2.05) is 0 Å². The van der Waals surface area contributed by atoms with Gasteiger partial charge in [-0.15, -0.1) is 0 Å². The zero-order valence-corrected chi connectivity index (χ0v) is 8.61. The van der Waals surface area contributed by atoms with Gasteiger partial charge in [0.05, 0.1) is 13.2 Å². The smallest absolute Gasteiger partial charge is 0.318 e. The molecular weight excluding hydrogens is 216 g/mol. The fourth-order valence-electron chi connectivity index (χ4n) is 1.29. The Kier molecular flexibility index (Phi) is 4.09. The summed E-state index contributed by atoms with van der Waals surface area (Å²) in [5.74, 6) is -0.181. The van der Waals surface area contributed by atoms with Crippen molar-refractivity contribution in [1.82, 2.24) is 0 Å². The number of aromatic nitrogens is 2. The first-order chi connectivity index (χ1) is 7.61. The Balaban J connectivity index is 3.04. The van der Waals surface area contributed by atoms with E-state index in [1.165, 1.54) is 17.0 Å². The van der Waals surface area contributed by atoms with E-state index in [9.17, 15) is 10.4 Å². The Labute approximate surface area is 91.9 Å². The largest absolute Gasteiger partial charge is 0.675 e. The maximum Gasteiger partial charge on any atom is 0.318 e. The summed E-state index contributed by atoms with van der Waals surface area (Å²) < 4.78 is 0. The molecule has 0 saturated heterocycles. The third-order valence-corrected chi connectivity index (χ3v) is 2.05. The van der Waals surface area contributed by atoms with E-state index < -0.39 is 0 Å². The molecule has 1 aromatic rings. The van der Waals surface area contributed by atoms with Crippen LogP contribution < -0.4 is 20.3 Å². The van der Waals surface area contributed by atoms with Gasteiger partial charge in [0.25, 0.3) is 0 Å². The summed E-state index contributed by atoms with van der Waals surface area (Å²) >= 11 is 0. The Hall–Kier alpha value is -1.80. The second-order valence-electron chi connectivity index (χ2n) is 3.10. The number of hydrogen-bond donors (Lipinski definition) is 3. The Morgan fingerprint density at radius 3 is 2.19 bits per heavy atom. The minimum atomic E-state index is -0.216. The molecule has 1 heterocycles. The normalized spacial score (nSPS) is 10.4. The highest BCUT2D eigenvalue weighted by Crippen LogP contribution is 2.06. The predicted molar refractivity (Wildman–Crippen MR) is 55.2 cm³/mol. The Morgan fingerprint density at radius 2 is 1.69 bits per heavy atom. The highest BCUT2D eigenvalue weighted by atomic mass is 16.6. The second-order valence-corrected chi connectivity index (χ2v) is 3.10. The van der Waals surface area contributed by atoms with Crippen LogP contribution in [0.4, 0.5) is 11.6 Å². The van der Waals surface area contributed by atoms with E-state index in [0.29, 0.717) is 0 Å². The van der Waals surface area contributed by atoms with Crippen LogP contribution in [-0.2, 0) is 0 Å². The average molecular weight is 230 g/mol. The number of nitrogens with zero attached hydrogens (tertiary/aromatic N) is 3. The van der Waals surface area contributed by atoms with Crippen molar-refractivity contribution in [3.05, 3.63) is 22.5 Å². The van der Waals surface area contributed by atoms with Crippen LogP contribution in [0.3, 0.4) is 0 Å². The van der Waals surface area contributed by atoms with Crippen LogP contribution in [0.1, 0.15) is 0 Å². The molecule has 0 spiro atoms. The molecule has 0 aliphatic carbocycles. The van der Waals surface area contributed by atoms with Crippen molar-refractivity contribution in [1.29, 1.82) is 0 Å². The molecule has 0 fully saturated rings. The van der Waals surface area contributed by atoms with Gasteiger partial charge < -0.3 is 20.6 Å². The summed E-state index contributed by atoms with van der Waals surface area (Å²) in [5, 5.41) is 40.2. The number of nitrogens with two attached hydrogens (primary N) is 1. The maximum atomic E-state index is 11.5. The summed E-state index contributed by atoms with van der Waals surface area (Å²) in [7, 11) is 0. The monoisotopic (exact) mass is 230 g/mol. The molecule has 1 aromatic heterocycles. The Morgan fingerprint density at radius 1 is 1.12 bits per heavy atom. The lowest BCUT2D eigenvalue weighted by Gasteiger charge is -2.20. The topological polar surface area (TPSA) is 124 Å². The van der Waals surface area contributed by atoms with Crippen molar-refractivity contribution in [2.24, 2.45) is 0 Å². The molecule has 1 rings (SSSR count). The van der Waals surface area contributed by atoms with Gasteiger partial charge in [0.1, 0.15) is 13.1 Å². The lowest BCUT2D eigenvalue weighted by Crippen LogP contribution is -2.64. The van der Waals surface area contributed by atoms with Gasteiger partial charge in [-0.3, -0.25) is 10.6 Å². The number of hydrogen-bond acceptors (Lipinski definition) is 6. The minimum Gasteiger partial charge on any atom is -0.675 e. The van der Waals surface area contributed by atoms with Crippen LogP contribution in [0.25, 0.3) is 0 Å². The standard InChI is InChI=1S/C8H14N4O4/c9-7-1-2-8(12(16)11(7)15)10(3-5-13)4-6-14/h1-2,13-14H,3-6,9H2. The molecule has 16 heavy (non-hydrogen) atoms. The Bertz CT molecular complexity index is 354. The summed E-state index contributed by atoms with van der Waals surface area (Å²) in [5.41, 5.74) is 5.25. The lowest BCUT2D eigenvalue weighted by atomic mass is 10.4. The van der Waals surface area contributed by atoms with Gasteiger partial charge in [-0.05, 0) is 0 Å². The summed E-state index contributed by atoms with van der Waals surface area (Å²) in [6.45, 7) is -0.0914. The second kappa shape index (κ2) is 5.33. The zero-order valence-electron chi connectivity index (χ0n) is 8.61. The molecule has 0 aromatic carbocycles. The van der Waals surface area contributed by atoms with Gasteiger partial charge in [0.15, 0.2) is 0 Å². The van der Waals surface area contributed by atoms with Crippen LogP contribution in [-0.4, -0.2) is 36.5 Å². The summed E-state index contributed by atoms with van der Waals surface area (Å²) in [4.78, 5) is 1.46. The molecule has 0 aliphatic rings. The fraction of sp³-hybridized carbons (Fsp3) is 0.500. The first-order valence-electron chi connectivity index (χ1n) is 4.70.